The Labute approximate surface area is 169 Å². The monoisotopic (exact) mass is 395 g/mol. The number of hydrogen-bond acceptors (Lipinski definition) is 5. The molecule has 0 aromatic rings. The molecule has 1 amide bonds. The molecule has 4 atom stereocenters. The molecule has 6 heteroatoms. The molecule has 0 fully saturated rings. The summed E-state index contributed by atoms with van der Waals surface area (Å²) >= 11 is 0. The lowest BCUT2D eigenvalue weighted by atomic mass is 9.76. The highest BCUT2D eigenvalue weighted by atomic mass is 16.6. The minimum absolute atomic E-state index is 0.273. The summed E-state index contributed by atoms with van der Waals surface area (Å²) in [6.45, 7) is 15.5. The number of hydrogen-bond donors (Lipinski definition) is 1. The van der Waals surface area contributed by atoms with Crippen LogP contribution in [-0.4, -0.2) is 42.5 Å². The quantitative estimate of drug-likeness (QED) is 0.617. The van der Waals surface area contributed by atoms with Crippen LogP contribution in [0.2, 0.25) is 0 Å². The van der Waals surface area contributed by atoms with Gasteiger partial charge in [-0.2, -0.15) is 0 Å². The summed E-state index contributed by atoms with van der Waals surface area (Å²) in [5.41, 5.74) is -0.905. The Hall–Kier alpha value is -1.82. The van der Waals surface area contributed by atoms with Crippen molar-refractivity contribution in [2.24, 2.45) is 11.3 Å². The van der Waals surface area contributed by atoms with Crippen LogP contribution in [0.1, 0.15) is 61.8 Å². The van der Waals surface area contributed by atoms with Crippen LogP contribution in [0.4, 0.5) is 4.79 Å². The van der Waals surface area contributed by atoms with E-state index < -0.39 is 29.8 Å². The van der Waals surface area contributed by atoms with Crippen molar-refractivity contribution in [3.05, 3.63) is 24.3 Å². The smallest absolute Gasteiger partial charge is 0.408 e. The Balaban J connectivity index is 2.76. The summed E-state index contributed by atoms with van der Waals surface area (Å²) in [6, 6.07) is -0.822. The number of amides is 1. The number of alkyl carbamates (subject to hydrolysis) is 1. The van der Waals surface area contributed by atoms with Gasteiger partial charge in [0, 0.05) is 12.0 Å². The summed E-state index contributed by atoms with van der Waals surface area (Å²) in [4.78, 5) is 24.4. The first kappa shape index (κ1) is 24.2. The first-order valence-electron chi connectivity index (χ1n) is 10.00. The number of rotatable bonds is 8. The van der Waals surface area contributed by atoms with E-state index in [4.69, 9.17) is 14.2 Å². The van der Waals surface area contributed by atoms with Crippen molar-refractivity contribution in [3.63, 3.8) is 0 Å². The molecule has 0 aromatic heterocycles. The van der Waals surface area contributed by atoms with Crippen molar-refractivity contribution in [2.75, 3.05) is 6.61 Å². The summed E-state index contributed by atoms with van der Waals surface area (Å²) in [6.07, 6.45) is 7.58. The van der Waals surface area contributed by atoms with E-state index in [0.29, 0.717) is 12.5 Å². The fourth-order valence-electron chi connectivity index (χ4n) is 3.00. The van der Waals surface area contributed by atoms with Gasteiger partial charge in [0.05, 0.1) is 0 Å². The molecule has 1 aliphatic carbocycles. The van der Waals surface area contributed by atoms with Crippen molar-refractivity contribution >= 4 is 12.1 Å². The van der Waals surface area contributed by atoms with Gasteiger partial charge in [-0.1, -0.05) is 45.1 Å². The molecule has 0 aromatic carbocycles. The van der Waals surface area contributed by atoms with Gasteiger partial charge in [-0.3, -0.25) is 0 Å². The van der Waals surface area contributed by atoms with Crippen LogP contribution in [-0.2, 0) is 19.0 Å². The second-order valence-corrected chi connectivity index (χ2v) is 9.15. The SMILES string of the molecule is CC(C)CO[C@@H]([C@H](C)OC(=O)[C@H](C)NC(=O)OC(C)(C)C)C1(C)C=CC=CC1. The number of esters is 1. The van der Waals surface area contributed by atoms with Gasteiger partial charge in [0.2, 0.25) is 0 Å². The maximum Gasteiger partial charge on any atom is 0.408 e. The average molecular weight is 396 g/mol. The van der Waals surface area contributed by atoms with Crippen LogP contribution in [0.3, 0.4) is 0 Å². The van der Waals surface area contributed by atoms with Crippen molar-refractivity contribution in [1.82, 2.24) is 5.32 Å². The highest BCUT2D eigenvalue weighted by Crippen LogP contribution is 2.36. The van der Waals surface area contributed by atoms with Crippen LogP contribution in [0.5, 0.6) is 0 Å². The first-order valence-corrected chi connectivity index (χ1v) is 10.00. The lowest BCUT2D eigenvalue weighted by Crippen LogP contribution is -2.47. The largest absolute Gasteiger partial charge is 0.458 e. The fourth-order valence-corrected chi connectivity index (χ4v) is 3.00. The zero-order chi connectivity index (χ0) is 21.5. The molecule has 28 heavy (non-hydrogen) atoms. The number of nitrogens with one attached hydrogen (secondary N) is 1. The lowest BCUT2D eigenvalue weighted by molar-refractivity contribution is -0.165. The van der Waals surface area contributed by atoms with Gasteiger partial charge >= 0.3 is 12.1 Å². The highest BCUT2D eigenvalue weighted by molar-refractivity contribution is 5.81. The third kappa shape index (κ3) is 8.05. The Morgan fingerprint density at radius 2 is 1.79 bits per heavy atom. The van der Waals surface area contributed by atoms with Crippen LogP contribution in [0.25, 0.3) is 0 Å². The first-order chi connectivity index (χ1) is 12.8. The molecule has 1 N–H and O–H groups in total. The third-order valence-electron chi connectivity index (χ3n) is 4.36. The van der Waals surface area contributed by atoms with Gasteiger partial charge in [0.15, 0.2) is 0 Å². The van der Waals surface area contributed by atoms with E-state index in [1.807, 2.05) is 19.1 Å². The molecule has 0 saturated carbocycles. The molecule has 0 spiro atoms. The molecule has 160 valence electrons. The van der Waals surface area contributed by atoms with Gasteiger partial charge in [-0.15, -0.1) is 0 Å². The average Bonchev–Trinajstić information content (AvgIpc) is 2.53. The maximum atomic E-state index is 12.5. The number of allylic oxidation sites excluding steroid dienone is 3. The Bertz CT molecular complexity index is 590. The molecule has 0 bridgehead atoms. The predicted octanol–water partition coefficient (Wildman–Crippen LogP) is 4.39. The second kappa shape index (κ2) is 10.1. The Morgan fingerprint density at radius 3 is 2.29 bits per heavy atom. The minimum Gasteiger partial charge on any atom is -0.458 e. The molecular weight excluding hydrogens is 358 g/mol. The molecule has 0 heterocycles. The standard InChI is InChI=1S/C22H37NO5/c1-15(2)14-26-18(22(8)12-10-9-11-13-22)17(4)27-19(24)16(3)23-20(25)28-21(5,6)7/h9-12,15-18H,13-14H2,1-8H3,(H,23,25)/t16-,17-,18-,22?/m0/s1. The van der Waals surface area contributed by atoms with E-state index in [0.717, 1.165) is 6.42 Å². The fraction of sp³-hybridized carbons (Fsp3) is 0.727. The molecule has 0 aliphatic heterocycles. The van der Waals surface area contributed by atoms with E-state index in [1.54, 1.807) is 27.7 Å². The number of carbonyl (C=O) groups is 2. The van der Waals surface area contributed by atoms with Crippen molar-refractivity contribution in [2.45, 2.75) is 85.7 Å². The predicted molar refractivity (Wildman–Crippen MR) is 110 cm³/mol. The zero-order valence-corrected chi connectivity index (χ0v) is 18.6. The second-order valence-electron chi connectivity index (χ2n) is 9.15. The molecule has 1 unspecified atom stereocenters. The summed E-state index contributed by atoms with van der Waals surface area (Å²) in [7, 11) is 0. The summed E-state index contributed by atoms with van der Waals surface area (Å²) in [5.74, 6) is -0.152. The van der Waals surface area contributed by atoms with Gasteiger partial charge in [0.25, 0.3) is 0 Å². The van der Waals surface area contributed by atoms with Crippen LogP contribution < -0.4 is 5.32 Å². The minimum atomic E-state index is -0.822. The summed E-state index contributed by atoms with van der Waals surface area (Å²) < 4.78 is 17.0. The van der Waals surface area contributed by atoms with Crippen LogP contribution >= 0.6 is 0 Å². The van der Waals surface area contributed by atoms with E-state index in [-0.39, 0.29) is 11.5 Å². The lowest BCUT2D eigenvalue weighted by Gasteiger charge is -2.39. The van der Waals surface area contributed by atoms with Crippen molar-refractivity contribution in [3.8, 4) is 0 Å². The van der Waals surface area contributed by atoms with Crippen LogP contribution in [0, 0.1) is 11.3 Å². The zero-order valence-electron chi connectivity index (χ0n) is 18.6. The van der Waals surface area contributed by atoms with Crippen molar-refractivity contribution < 1.29 is 23.8 Å². The number of ether oxygens (including phenoxy) is 3. The van der Waals surface area contributed by atoms with E-state index in [2.05, 4.69) is 38.2 Å². The molecule has 1 aliphatic rings. The highest BCUT2D eigenvalue weighted by Gasteiger charge is 2.39. The van der Waals surface area contributed by atoms with E-state index >= 15 is 0 Å². The van der Waals surface area contributed by atoms with E-state index in [1.165, 1.54) is 0 Å². The Kier molecular flexibility index (Phi) is 8.74. The van der Waals surface area contributed by atoms with Crippen LogP contribution in [0.15, 0.2) is 24.3 Å². The van der Waals surface area contributed by atoms with Gasteiger partial charge < -0.3 is 19.5 Å². The normalized spacial score (nSPS) is 22.5. The van der Waals surface area contributed by atoms with Gasteiger partial charge in [0.1, 0.15) is 23.9 Å². The number of carbonyl (C=O) groups excluding carboxylic acids is 2. The van der Waals surface area contributed by atoms with Gasteiger partial charge in [-0.05, 0) is 47.0 Å². The van der Waals surface area contributed by atoms with Crippen molar-refractivity contribution in [1.29, 1.82) is 0 Å². The maximum absolute atomic E-state index is 12.5. The molecule has 6 nitrogen and oxygen atoms in total. The molecule has 0 saturated heterocycles. The van der Waals surface area contributed by atoms with E-state index in [9.17, 15) is 9.59 Å². The van der Waals surface area contributed by atoms with Gasteiger partial charge in [-0.25, -0.2) is 9.59 Å². The molecule has 0 radical (unpaired) electrons. The molecular formula is C22H37NO5. The Morgan fingerprint density at radius 1 is 1.14 bits per heavy atom. The molecule has 1 rings (SSSR count). The summed E-state index contributed by atoms with van der Waals surface area (Å²) in [5, 5.41) is 2.52. The topological polar surface area (TPSA) is 73.9 Å². The third-order valence-corrected chi connectivity index (χ3v) is 4.36.